The van der Waals surface area contributed by atoms with E-state index in [1.807, 2.05) is 0 Å². The molecule has 1 aliphatic rings. The Bertz CT molecular complexity index is 110. The summed E-state index contributed by atoms with van der Waals surface area (Å²) in [6, 6.07) is 0.425. The number of likely N-dealkylation sites (N-methyl/N-ethyl adjacent to an activating group) is 1. The largest absolute Gasteiger partial charge is 0.326 e. The van der Waals surface area contributed by atoms with Crippen LogP contribution in [0, 0.1) is 5.92 Å². The molecule has 66 valence electrons. The second-order valence-electron chi connectivity index (χ2n) is 3.71. The van der Waals surface area contributed by atoms with Gasteiger partial charge in [0.2, 0.25) is 0 Å². The van der Waals surface area contributed by atoms with E-state index in [2.05, 4.69) is 18.9 Å². The summed E-state index contributed by atoms with van der Waals surface area (Å²) in [5.41, 5.74) is 6.01. The number of nitrogens with zero attached hydrogens (tertiary/aromatic N) is 1. The molecule has 0 amide bonds. The summed E-state index contributed by atoms with van der Waals surface area (Å²) < 4.78 is 0. The van der Waals surface area contributed by atoms with Crippen molar-refractivity contribution in [2.24, 2.45) is 11.7 Å². The van der Waals surface area contributed by atoms with Gasteiger partial charge in [-0.2, -0.15) is 0 Å². The summed E-state index contributed by atoms with van der Waals surface area (Å²) in [6.45, 7) is 4.36. The fraction of sp³-hybridized carbons (Fsp3) is 1.00. The molecular formula is C9H20N2. The highest BCUT2D eigenvalue weighted by atomic mass is 15.1. The first-order valence-electron chi connectivity index (χ1n) is 4.68. The van der Waals surface area contributed by atoms with E-state index in [0.717, 1.165) is 19.0 Å². The zero-order chi connectivity index (χ0) is 8.27. The van der Waals surface area contributed by atoms with E-state index in [1.165, 1.54) is 19.3 Å². The van der Waals surface area contributed by atoms with E-state index < -0.39 is 0 Å². The lowest BCUT2D eigenvalue weighted by molar-refractivity contribution is 0.210. The number of hydrogen-bond donors (Lipinski definition) is 1. The van der Waals surface area contributed by atoms with E-state index in [0.29, 0.717) is 6.04 Å². The Balaban J connectivity index is 2.13. The lowest BCUT2D eigenvalue weighted by Crippen LogP contribution is -2.43. The zero-order valence-electron chi connectivity index (χ0n) is 7.71. The maximum atomic E-state index is 6.01. The van der Waals surface area contributed by atoms with Crippen molar-refractivity contribution in [1.29, 1.82) is 0 Å². The Morgan fingerprint density at radius 2 is 2.18 bits per heavy atom. The van der Waals surface area contributed by atoms with Crippen LogP contribution in [0.25, 0.3) is 0 Å². The van der Waals surface area contributed by atoms with E-state index in [4.69, 9.17) is 5.73 Å². The Morgan fingerprint density at radius 3 is 2.55 bits per heavy atom. The predicted molar refractivity (Wildman–Crippen MR) is 48.5 cm³/mol. The molecule has 1 saturated carbocycles. The molecule has 2 heteroatoms. The van der Waals surface area contributed by atoms with Gasteiger partial charge in [0.25, 0.3) is 0 Å². The highest BCUT2D eigenvalue weighted by molar-refractivity contribution is 4.81. The van der Waals surface area contributed by atoms with Crippen molar-refractivity contribution in [3.63, 3.8) is 0 Å². The molecule has 1 rings (SSSR count). The van der Waals surface area contributed by atoms with Crippen molar-refractivity contribution < 1.29 is 0 Å². The second-order valence-corrected chi connectivity index (χ2v) is 3.71. The minimum Gasteiger partial charge on any atom is -0.326 e. The van der Waals surface area contributed by atoms with Crippen molar-refractivity contribution >= 4 is 0 Å². The quantitative estimate of drug-likeness (QED) is 0.659. The third kappa shape index (κ3) is 2.46. The molecule has 0 radical (unpaired) electrons. The van der Waals surface area contributed by atoms with Gasteiger partial charge in [-0.15, -0.1) is 0 Å². The summed E-state index contributed by atoms with van der Waals surface area (Å²) >= 11 is 0. The third-order valence-electron chi connectivity index (χ3n) is 2.82. The van der Waals surface area contributed by atoms with Crippen molar-refractivity contribution in [1.82, 2.24) is 4.90 Å². The topological polar surface area (TPSA) is 29.3 Å². The lowest BCUT2D eigenvalue weighted by atomic mass is 9.80. The molecule has 0 aromatic carbocycles. The summed E-state index contributed by atoms with van der Waals surface area (Å²) in [6.07, 6.45) is 4.12. The highest BCUT2D eigenvalue weighted by Crippen LogP contribution is 2.28. The minimum absolute atomic E-state index is 0.425. The number of hydrogen-bond acceptors (Lipinski definition) is 2. The van der Waals surface area contributed by atoms with Gasteiger partial charge in [0.1, 0.15) is 0 Å². The van der Waals surface area contributed by atoms with Gasteiger partial charge in [-0.1, -0.05) is 13.3 Å². The maximum absolute atomic E-state index is 6.01. The molecule has 2 nitrogen and oxygen atoms in total. The standard InChI is InChI=1S/C9H20N2/c1-3-11(2)7-9(10)8-5-4-6-8/h8-9H,3-7,10H2,1-2H3. The summed E-state index contributed by atoms with van der Waals surface area (Å²) in [5.74, 6) is 0.823. The van der Waals surface area contributed by atoms with Crippen LogP contribution in [0.1, 0.15) is 26.2 Å². The molecule has 1 atom stereocenters. The SMILES string of the molecule is CCN(C)CC(N)C1CCC1. The third-order valence-corrected chi connectivity index (χ3v) is 2.82. The van der Waals surface area contributed by atoms with Crippen LogP contribution < -0.4 is 5.73 Å². The maximum Gasteiger partial charge on any atom is 0.0196 e. The van der Waals surface area contributed by atoms with Gasteiger partial charge in [0.05, 0.1) is 0 Å². The molecule has 2 N–H and O–H groups in total. The fourth-order valence-corrected chi connectivity index (χ4v) is 1.51. The molecule has 0 aromatic rings. The normalized spacial score (nSPS) is 21.8. The van der Waals surface area contributed by atoms with Crippen molar-refractivity contribution in [3.8, 4) is 0 Å². The molecule has 1 fully saturated rings. The van der Waals surface area contributed by atoms with Crippen LogP contribution in [0.4, 0.5) is 0 Å². The zero-order valence-corrected chi connectivity index (χ0v) is 7.71. The van der Waals surface area contributed by atoms with Gasteiger partial charge in [0, 0.05) is 12.6 Å². The Kier molecular flexibility index (Phi) is 3.34. The van der Waals surface area contributed by atoms with Crippen LogP contribution in [-0.4, -0.2) is 31.1 Å². The van der Waals surface area contributed by atoms with Crippen molar-refractivity contribution in [3.05, 3.63) is 0 Å². The lowest BCUT2D eigenvalue weighted by Gasteiger charge is -2.33. The molecule has 0 aliphatic heterocycles. The molecule has 0 saturated heterocycles. The van der Waals surface area contributed by atoms with Crippen LogP contribution in [0.2, 0.25) is 0 Å². The van der Waals surface area contributed by atoms with Crippen LogP contribution >= 0.6 is 0 Å². The molecule has 0 heterocycles. The van der Waals surface area contributed by atoms with E-state index >= 15 is 0 Å². The predicted octanol–water partition coefficient (Wildman–Crippen LogP) is 1.07. The first-order chi connectivity index (χ1) is 5.24. The van der Waals surface area contributed by atoms with Crippen LogP contribution in [0.15, 0.2) is 0 Å². The fourth-order valence-electron chi connectivity index (χ4n) is 1.51. The number of rotatable bonds is 4. The van der Waals surface area contributed by atoms with Gasteiger partial charge >= 0.3 is 0 Å². The minimum atomic E-state index is 0.425. The summed E-state index contributed by atoms with van der Waals surface area (Å²) in [4.78, 5) is 2.29. The summed E-state index contributed by atoms with van der Waals surface area (Å²) in [7, 11) is 2.14. The molecule has 1 aliphatic carbocycles. The van der Waals surface area contributed by atoms with Crippen molar-refractivity contribution in [2.45, 2.75) is 32.2 Å². The van der Waals surface area contributed by atoms with E-state index in [9.17, 15) is 0 Å². The Morgan fingerprint density at radius 1 is 1.55 bits per heavy atom. The van der Waals surface area contributed by atoms with Gasteiger partial charge in [-0.3, -0.25) is 0 Å². The van der Waals surface area contributed by atoms with E-state index in [-0.39, 0.29) is 0 Å². The molecular weight excluding hydrogens is 136 g/mol. The van der Waals surface area contributed by atoms with Crippen LogP contribution in [0.3, 0.4) is 0 Å². The molecule has 0 bridgehead atoms. The highest BCUT2D eigenvalue weighted by Gasteiger charge is 2.24. The monoisotopic (exact) mass is 156 g/mol. The van der Waals surface area contributed by atoms with E-state index in [1.54, 1.807) is 0 Å². The average Bonchev–Trinajstić information content (AvgIpc) is 1.83. The van der Waals surface area contributed by atoms with Gasteiger partial charge in [0.15, 0.2) is 0 Å². The van der Waals surface area contributed by atoms with Gasteiger partial charge in [-0.25, -0.2) is 0 Å². The van der Waals surface area contributed by atoms with Gasteiger partial charge < -0.3 is 10.6 Å². The average molecular weight is 156 g/mol. The molecule has 11 heavy (non-hydrogen) atoms. The Hall–Kier alpha value is -0.0800. The second kappa shape index (κ2) is 4.07. The van der Waals surface area contributed by atoms with Crippen LogP contribution in [-0.2, 0) is 0 Å². The Labute approximate surface area is 69.8 Å². The van der Waals surface area contributed by atoms with Crippen molar-refractivity contribution in [2.75, 3.05) is 20.1 Å². The van der Waals surface area contributed by atoms with Crippen LogP contribution in [0.5, 0.6) is 0 Å². The van der Waals surface area contributed by atoms with Gasteiger partial charge in [-0.05, 0) is 32.4 Å². The molecule has 0 aromatic heterocycles. The molecule has 1 unspecified atom stereocenters. The first kappa shape index (κ1) is 9.01. The molecule has 0 spiro atoms. The summed E-state index contributed by atoms with van der Waals surface area (Å²) in [5, 5.41) is 0. The smallest absolute Gasteiger partial charge is 0.0196 e. The number of nitrogens with two attached hydrogens (primary N) is 1. The first-order valence-corrected chi connectivity index (χ1v) is 4.68.